The van der Waals surface area contributed by atoms with Gasteiger partial charge in [0.15, 0.2) is 0 Å². The first-order valence-corrected chi connectivity index (χ1v) is 4.39. The molecule has 0 bridgehead atoms. The molecule has 0 aromatic carbocycles. The van der Waals surface area contributed by atoms with E-state index in [2.05, 4.69) is 10.6 Å². The first-order valence-electron chi connectivity index (χ1n) is 3.86. The third kappa shape index (κ3) is 2.53. The van der Waals surface area contributed by atoms with Crippen molar-refractivity contribution in [2.75, 3.05) is 25.6 Å². The molecule has 0 saturated carbocycles. The maximum absolute atomic E-state index is 11.1. The minimum atomic E-state index is -0.184. The number of ether oxygens (including phenoxy) is 1. The molecular formula is C7H13ClN2O2. The van der Waals surface area contributed by atoms with Crippen molar-refractivity contribution < 1.29 is 9.53 Å². The molecule has 1 saturated heterocycles. The van der Waals surface area contributed by atoms with Crippen molar-refractivity contribution in [3.63, 3.8) is 0 Å². The number of carbonyl (C=O) groups excluding carboxylic acids is 1. The van der Waals surface area contributed by atoms with Crippen molar-refractivity contribution in [1.29, 1.82) is 0 Å². The topological polar surface area (TPSA) is 50.4 Å². The summed E-state index contributed by atoms with van der Waals surface area (Å²) in [6.45, 7) is 3.60. The van der Waals surface area contributed by atoms with E-state index in [-0.39, 0.29) is 11.6 Å². The van der Waals surface area contributed by atoms with Crippen LogP contribution in [-0.4, -0.2) is 37.2 Å². The predicted octanol–water partition coefficient (Wildman–Crippen LogP) is 0.313. The highest BCUT2D eigenvalue weighted by Crippen LogP contribution is 2.14. The minimum Gasteiger partial charge on any atom is -0.376 e. The number of alkyl halides is 1. The largest absolute Gasteiger partial charge is 0.376 e. The van der Waals surface area contributed by atoms with Gasteiger partial charge in [0.1, 0.15) is 0 Å². The Morgan fingerprint density at radius 2 is 2.33 bits per heavy atom. The normalized spacial score (nSPS) is 19.5. The second kappa shape index (κ2) is 3.96. The Labute approximate surface area is 76.6 Å². The fraction of sp³-hybridized carbons (Fsp3) is 0.857. The Hall–Kier alpha value is -0.480. The highest BCUT2D eigenvalue weighted by Gasteiger charge is 2.34. The molecule has 12 heavy (non-hydrogen) atoms. The van der Waals surface area contributed by atoms with Crippen LogP contribution in [0.25, 0.3) is 0 Å². The van der Waals surface area contributed by atoms with Crippen LogP contribution in [0.2, 0.25) is 0 Å². The number of hydrogen-bond donors (Lipinski definition) is 2. The predicted molar refractivity (Wildman–Crippen MR) is 46.5 cm³/mol. The number of urea groups is 1. The van der Waals surface area contributed by atoms with Gasteiger partial charge < -0.3 is 15.4 Å². The van der Waals surface area contributed by atoms with E-state index in [1.54, 1.807) is 0 Å². The highest BCUT2D eigenvalue weighted by molar-refractivity contribution is 6.18. The van der Waals surface area contributed by atoms with Gasteiger partial charge in [0.2, 0.25) is 0 Å². The van der Waals surface area contributed by atoms with Crippen LogP contribution in [-0.2, 0) is 4.74 Å². The molecular weight excluding hydrogens is 180 g/mol. The smallest absolute Gasteiger partial charge is 0.315 e. The van der Waals surface area contributed by atoms with E-state index in [1.807, 2.05) is 6.92 Å². The monoisotopic (exact) mass is 192 g/mol. The molecule has 0 radical (unpaired) electrons. The quantitative estimate of drug-likeness (QED) is 0.633. The van der Waals surface area contributed by atoms with Crippen LogP contribution in [0.3, 0.4) is 0 Å². The van der Waals surface area contributed by atoms with Crippen LogP contribution >= 0.6 is 11.6 Å². The summed E-state index contributed by atoms with van der Waals surface area (Å²) in [5, 5.41) is 5.41. The van der Waals surface area contributed by atoms with Crippen LogP contribution in [0.15, 0.2) is 0 Å². The second-order valence-electron chi connectivity index (χ2n) is 3.12. The average Bonchev–Trinajstić information content (AvgIpc) is 1.98. The lowest BCUT2D eigenvalue weighted by Gasteiger charge is -2.38. The summed E-state index contributed by atoms with van der Waals surface area (Å²) >= 11 is 5.40. The Balaban J connectivity index is 2.16. The van der Waals surface area contributed by atoms with Crippen molar-refractivity contribution in [3.05, 3.63) is 0 Å². The summed E-state index contributed by atoms with van der Waals surface area (Å²) in [7, 11) is 0. The van der Waals surface area contributed by atoms with Gasteiger partial charge in [-0.05, 0) is 6.92 Å². The third-order valence-electron chi connectivity index (χ3n) is 1.64. The van der Waals surface area contributed by atoms with Crippen LogP contribution in [0.1, 0.15) is 6.92 Å². The first kappa shape index (κ1) is 9.61. The lowest BCUT2D eigenvalue weighted by atomic mass is 10.0. The molecule has 0 aromatic heterocycles. The van der Waals surface area contributed by atoms with E-state index in [9.17, 15) is 4.79 Å². The Morgan fingerprint density at radius 3 is 2.75 bits per heavy atom. The van der Waals surface area contributed by atoms with Gasteiger partial charge in [-0.3, -0.25) is 0 Å². The summed E-state index contributed by atoms with van der Waals surface area (Å²) in [6.07, 6.45) is 0. The molecule has 1 fully saturated rings. The lowest BCUT2D eigenvalue weighted by Crippen LogP contribution is -2.61. The van der Waals surface area contributed by atoms with Crippen LogP contribution in [0, 0.1) is 0 Å². The van der Waals surface area contributed by atoms with E-state index in [0.29, 0.717) is 25.6 Å². The van der Waals surface area contributed by atoms with Gasteiger partial charge in [0.25, 0.3) is 0 Å². The van der Waals surface area contributed by atoms with E-state index in [1.165, 1.54) is 0 Å². The van der Waals surface area contributed by atoms with E-state index in [0.717, 1.165) is 0 Å². The van der Waals surface area contributed by atoms with Crippen molar-refractivity contribution in [2.24, 2.45) is 0 Å². The van der Waals surface area contributed by atoms with Crippen LogP contribution in [0.5, 0.6) is 0 Å². The molecule has 2 amide bonds. The SMILES string of the molecule is CC1(NC(=O)NCCCl)COC1. The van der Waals surface area contributed by atoms with E-state index < -0.39 is 0 Å². The van der Waals surface area contributed by atoms with Crippen LogP contribution in [0.4, 0.5) is 4.79 Å². The molecule has 0 spiro atoms. The zero-order chi connectivity index (χ0) is 9.03. The van der Waals surface area contributed by atoms with Crippen molar-refractivity contribution in [1.82, 2.24) is 10.6 Å². The van der Waals surface area contributed by atoms with Gasteiger partial charge in [-0.15, -0.1) is 11.6 Å². The average molecular weight is 193 g/mol. The van der Waals surface area contributed by atoms with Gasteiger partial charge in [-0.25, -0.2) is 4.79 Å². The van der Waals surface area contributed by atoms with Gasteiger partial charge >= 0.3 is 6.03 Å². The number of nitrogens with one attached hydrogen (secondary N) is 2. The number of hydrogen-bond acceptors (Lipinski definition) is 2. The molecule has 1 aliphatic heterocycles. The number of amides is 2. The summed E-state index contributed by atoms with van der Waals surface area (Å²) < 4.78 is 4.97. The van der Waals surface area contributed by atoms with E-state index in [4.69, 9.17) is 16.3 Å². The highest BCUT2D eigenvalue weighted by atomic mass is 35.5. The molecule has 2 N–H and O–H groups in total. The molecule has 0 unspecified atom stereocenters. The minimum absolute atomic E-state index is 0.179. The number of rotatable bonds is 3. The molecule has 1 heterocycles. The molecule has 0 atom stereocenters. The van der Waals surface area contributed by atoms with E-state index >= 15 is 0 Å². The third-order valence-corrected chi connectivity index (χ3v) is 1.83. The Morgan fingerprint density at radius 1 is 1.67 bits per heavy atom. The maximum Gasteiger partial charge on any atom is 0.315 e. The van der Waals surface area contributed by atoms with Crippen molar-refractivity contribution in [2.45, 2.75) is 12.5 Å². The summed E-state index contributed by atoms with van der Waals surface area (Å²) in [4.78, 5) is 11.1. The lowest BCUT2D eigenvalue weighted by molar-refractivity contribution is -0.0574. The van der Waals surface area contributed by atoms with Crippen LogP contribution < -0.4 is 10.6 Å². The molecule has 70 valence electrons. The first-order chi connectivity index (χ1) is 5.66. The molecule has 1 aliphatic rings. The summed E-state index contributed by atoms with van der Waals surface area (Å²) in [6, 6.07) is -0.179. The summed E-state index contributed by atoms with van der Waals surface area (Å²) in [5.74, 6) is 0.431. The Kier molecular flexibility index (Phi) is 3.17. The molecule has 0 aromatic rings. The molecule has 0 aliphatic carbocycles. The number of halogens is 1. The van der Waals surface area contributed by atoms with Gasteiger partial charge in [-0.2, -0.15) is 0 Å². The van der Waals surface area contributed by atoms with Crippen molar-refractivity contribution in [3.8, 4) is 0 Å². The molecule has 1 rings (SSSR count). The number of carbonyl (C=O) groups is 1. The van der Waals surface area contributed by atoms with Gasteiger partial charge in [-0.1, -0.05) is 0 Å². The zero-order valence-electron chi connectivity index (χ0n) is 7.02. The fourth-order valence-corrected chi connectivity index (χ4v) is 1.05. The maximum atomic E-state index is 11.1. The Bertz CT molecular complexity index is 171. The second-order valence-corrected chi connectivity index (χ2v) is 3.50. The van der Waals surface area contributed by atoms with Crippen molar-refractivity contribution >= 4 is 17.6 Å². The van der Waals surface area contributed by atoms with Gasteiger partial charge in [0, 0.05) is 12.4 Å². The standard InChI is InChI=1S/C7H13ClN2O2/c1-7(4-12-5-7)10-6(11)9-3-2-8/h2-5H2,1H3,(H2,9,10,11). The molecule has 4 nitrogen and oxygen atoms in total. The van der Waals surface area contributed by atoms with Gasteiger partial charge in [0.05, 0.1) is 18.8 Å². The summed E-state index contributed by atoms with van der Waals surface area (Å²) in [5.41, 5.74) is -0.184. The fourth-order valence-electron chi connectivity index (χ4n) is 0.959. The zero-order valence-corrected chi connectivity index (χ0v) is 7.78. The molecule has 5 heteroatoms.